The minimum absolute atomic E-state index is 0.293. The lowest BCUT2D eigenvalue weighted by Gasteiger charge is -2.27. The van der Waals surface area contributed by atoms with Crippen LogP contribution < -0.4 is 4.90 Å². The summed E-state index contributed by atoms with van der Waals surface area (Å²) in [6.07, 6.45) is 4.72. The first-order valence-corrected chi connectivity index (χ1v) is 13.6. The lowest BCUT2D eigenvalue weighted by atomic mass is 9.91. The summed E-state index contributed by atoms with van der Waals surface area (Å²) in [6, 6.07) is 13.7. The highest BCUT2D eigenvalue weighted by Crippen LogP contribution is 2.31. The van der Waals surface area contributed by atoms with E-state index in [2.05, 4.69) is 19.1 Å². The molecule has 0 aliphatic carbocycles. The average molecular weight is 523 g/mol. The van der Waals surface area contributed by atoms with Crippen LogP contribution in [0.3, 0.4) is 0 Å². The van der Waals surface area contributed by atoms with Crippen molar-refractivity contribution in [2.24, 2.45) is 0 Å². The highest BCUT2D eigenvalue weighted by atomic mass is 35.5. The summed E-state index contributed by atoms with van der Waals surface area (Å²) in [5, 5.41) is 0. The number of anilines is 1. The first kappa shape index (κ1) is 29.0. The Bertz CT molecular complexity index is 921. The number of unbranched alkanes of at least 4 members (excludes halogenated alkanes) is 1. The Morgan fingerprint density at radius 2 is 1.57 bits per heavy atom. The number of rotatable bonds is 15. The molecule has 0 radical (unpaired) electrons. The molecule has 1 amide bonds. The summed E-state index contributed by atoms with van der Waals surface area (Å²) in [7, 11) is 0. The molecule has 7 heteroatoms. The fraction of sp³-hybridized carbons (Fsp3) is 0.500. The predicted molar refractivity (Wildman–Crippen MR) is 144 cm³/mol. The van der Waals surface area contributed by atoms with E-state index in [-0.39, 0.29) is 5.97 Å². The van der Waals surface area contributed by atoms with Crippen LogP contribution >= 0.6 is 23.2 Å². The van der Waals surface area contributed by atoms with Crippen molar-refractivity contribution in [3.8, 4) is 0 Å². The second-order valence-electron chi connectivity index (χ2n) is 8.25. The normalized spacial score (nSPS) is 10.7. The summed E-state index contributed by atoms with van der Waals surface area (Å²) in [5.41, 5.74) is 4.29. The van der Waals surface area contributed by atoms with Gasteiger partial charge in [-0.2, -0.15) is 0 Å². The molecule has 0 aromatic heterocycles. The number of carbonyl (C=O) groups is 2. The molecule has 0 aliphatic heterocycles. The van der Waals surface area contributed by atoms with Gasteiger partial charge in [0.25, 0.3) is 0 Å². The van der Waals surface area contributed by atoms with Crippen molar-refractivity contribution in [1.29, 1.82) is 0 Å². The first-order chi connectivity index (χ1) is 17.1. The molecule has 0 saturated carbocycles. The zero-order chi connectivity index (χ0) is 25.5. The Kier molecular flexibility index (Phi) is 13.6. The van der Waals surface area contributed by atoms with Crippen LogP contribution in [0.5, 0.6) is 0 Å². The summed E-state index contributed by atoms with van der Waals surface area (Å²) in [6.45, 7) is 4.94. The fourth-order valence-electron chi connectivity index (χ4n) is 3.97. The van der Waals surface area contributed by atoms with Crippen molar-refractivity contribution in [3.63, 3.8) is 0 Å². The van der Waals surface area contributed by atoms with E-state index in [9.17, 15) is 9.59 Å². The highest BCUT2D eigenvalue weighted by Gasteiger charge is 2.25. The van der Waals surface area contributed by atoms with E-state index in [0.29, 0.717) is 62.8 Å². The highest BCUT2D eigenvalue weighted by molar-refractivity contribution is 6.18. The molecule has 0 atom stereocenters. The van der Waals surface area contributed by atoms with Gasteiger partial charge in [0.2, 0.25) is 0 Å². The summed E-state index contributed by atoms with van der Waals surface area (Å²) in [4.78, 5) is 27.7. The monoisotopic (exact) mass is 521 g/mol. The Morgan fingerprint density at radius 3 is 2.23 bits per heavy atom. The van der Waals surface area contributed by atoms with E-state index < -0.39 is 6.09 Å². The number of alkyl halides is 2. The van der Waals surface area contributed by atoms with E-state index in [1.54, 1.807) is 17.9 Å². The minimum atomic E-state index is -0.395. The van der Waals surface area contributed by atoms with Crippen molar-refractivity contribution in [2.45, 2.75) is 58.8 Å². The standard InChI is InChI=1S/C28H37Cl2NO4/c1-3-5-21-35-28(33)31(20-10-19-30)26-17-16-25(27(32)34-4-2)23(24(26)13-9-18-29)15-14-22-11-7-6-8-12-22/h6-8,11-12,16-17H,3-5,9-10,13-15,18-21H2,1-2H3. The van der Waals surface area contributed by atoms with Crippen LogP contribution in [0.2, 0.25) is 0 Å². The van der Waals surface area contributed by atoms with Crippen LogP contribution in [0.25, 0.3) is 0 Å². The Morgan fingerprint density at radius 1 is 0.829 bits per heavy atom. The number of amides is 1. The third kappa shape index (κ3) is 9.05. The SMILES string of the molecule is CCCCOC(=O)N(CCCCl)c1ccc(C(=O)OCC)c(CCc2ccccc2)c1CCCCl. The van der Waals surface area contributed by atoms with Crippen LogP contribution in [-0.4, -0.2) is 43.6 Å². The van der Waals surface area contributed by atoms with E-state index in [4.69, 9.17) is 32.7 Å². The fourth-order valence-corrected chi connectivity index (χ4v) is 4.22. The molecule has 0 unspecified atom stereocenters. The maximum absolute atomic E-state index is 13.1. The number of halogens is 2. The third-order valence-corrected chi connectivity index (χ3v) is 6.25. The Hall–Kier alpha value is -2.24. The minimum Gasteiger partial charge on any atom is -0.462 e. The molecule has 0 saturated heterocycles. The van der Waals surface area contributed by atoms with E-state index in [1.807, 2.05) is 24.3 Å². The maximum atomic E-state index is 13.1. The van der Waals surface area contributed by atoms with E-state index in [1.165, 1.54) is 5.56 Å². The number of hydrogen-bond donors (Lipinski definition) is 0. The van der Waals surface area contributed by atoms with Gasteiger partial charge in [0.1, 0.15) is 0 Å². The quantitative estimate of drug-likeness (QED) is 0.141. The lowest BCUT2D eigenvalue weighted by Crippen LogP contribution is -2.34. The van der Waals surface area contributed by atoms with Crippen LogP contribution in [0.15, 0.2) is 42.5 Å². The second-order valence-corrected chi connectivity index (χ2v) is 9.01. The average Bonchev–Trinajstić information content (AvgIpc) is 2.87. The molecule has 2 aromatic rings. The van der Waals surface area contributed by atoms with Crippen molar-refractivity contribution >= 4 is 41.0 Å². The van der Waals surface area contributed by atoms with Crippen molar-refractivity contribution in [3.05, 3.63) is 64.7 Å². The van der Waals surface area contributed by atoms with Gasteiger partial charge in [-0.1, -0.05) is 43.7 Å². The molecule has 0 bridgehead atoms. The zero-order valence-electron chi connectivity index (χ0n) is 20.9. The molecule has 35 heavy (non-hydrogen) atoms. The van der Waals surface area contributed by atoms with Crippen LogP contribution in [-0.2, 0) is 28.7 Å². The largest absolute Gasteiger partial charge is 0.462 e. The van der Waals surface area contributed by atoms with Gasteiger partial charge in [0.05, 0.1) is 24.5 Å². The van der Waals surface area contributed by atoms with Gasteiger partial charge in [0.15, 0.2) is 0 Å². The second kappa shape index (κ2) is 16.4. The van der Waals surface area contributed by atoms with Crippen molar-refractivity contribution in [2.75, 3.05) is 36.4 Å². The van der Waals surface area contributed by atoms with Crippen molar-refractivity contribution in [1.82, 2.24) is 0 Å². The zero-order valence-corrected chi connectivity index (χ0v) is 22.4. The predicted octanol–water partition coefficient (Wildman–Crippen LogP) is 7.19. The molecular weight excluding hydrogens is 485 g/mol. The number of carbonyl (C=O) groups excluding carboxylic acids is 2. The summed E-state index contributed by atoms with van der Waals surface area (Å²) >= 11 is 12.1. The number of ether oxygens (including phenoxy) is 2. The maximum Gasteiger partial charge on any atom is 0.414 e. The molecule has 0 heterocycles. The molecule has 2 aromatic carbocycles. The van der Waals surface area contributed by atoms with Gasteiger partial charge in [-0.15, -0.1) is 23.2 Å². The van der Waals surface area contributed by atoms with Gasteiger partial charge in [-0.3, -0.25) is 4.90 Å². The molecule has 192 valence electrons. The van der Waals surface area contributed by atoms with Crippen LogP contribution in [0.1, 0.15) is 66.6 Å². The number of aryl methyl sites for hydroxylation is 1. The summed E-state index contributed by atoms with van der Waals surface area (Å²) < 4.78 is 10.9. The Labute approximate surface area is 219 Å². The molecule has 5 nitrogen and oxygen atoms in total. The number of esters is 1. The number of benzene rings is 2. The molecular formula is C28H37Cl2NO4. The van der Waals surface area contributed by atoms with Gasteiger partial charge < -0.3 is 9.47 Å². The number of nitrogens with zero attached hydrogens (tertiary/aromatic N) is 1. The van der Waals surface area contributed by atoms with Gasteiger partial charge >= 0.3 is 12.1 Å². The van der Waals surface area contributed by atoms with E-state index in [0.717, 1.165) is 36.1 Å². The molecule has 0 spiro atoms. The summed E-state index contributed by atoms with van der Waals surface area (Å²) in [5.74, 6) is 0.550. The van der Waals surface area contributed by atoms with Crippen LogP contribution in [0.4, 0.5) is 10.5 Å². The van der Waals surface area contributed by atoms with Crippen molar-refractivity contribution < 1.29 is 19.1 Å². The Balaban J connectivity index is 2.56. The molecule has 0 fully saturated rings. The van der Waals surface area contributed by atoms with Gasteiger partial charge in [-0.05, 0) is 74.3 Å². The van der Waals surface area contributed by atoms with Gasteiger partial charge in [0, 0.05) is 18.3 Å². The topological polar surface area (TPSA) is 55.8 Å². The van der Waals surface area contributed by atoms with Crippen LogP contribution in [0, 0.1) is 0 Å². The van der Waals surface area contributed by atoms with Gasteiger partial charge in [-0.25, -0.2) is 9.59 Å². The lowest BCUT2D eigenvalue weighted by molar-refractivity contribution is 0.0525. The smallest absolute Gasteiger partial charge is 0.414 e. The number of hydrogen-bond acceptors (Lipinski definition) is 4. The molecule has 0 N–H and O–H groups in total. The molecule has 0 aliphatic rings. The first-order valence-electron chi connectivity index (χ1n) is 12.5. The molecule has 2 rings (SSSR count). The van der Waals surface area contributed by atoms with E-state index >= 15 is 0 Å². The third-order valence-electron chi connectivity index (χ3n) is 5.72.